The van der Waals surface area contributed by atoms with Crippen molar-refractivity contribution in [2.75, 3.05) is 0 Å². The summed E-state index contributed by atoms with van der Waals surface area (Å²) in [5, 5.41) is 11.4. The Labute approximate surface area is 124 Å². The van der Waals surface area contributed by atoms with Crippen LogP contribution in [0.1, 0.15) is 49.9 Å². The van der Waals surface area contributed by atoms with Gasteiger partial charge in [0.2, 0.25) is 0 Å². The van der Waals surface area contributed by atoms with Crippen LogP contribution in [0, 0.1) is 5.92 Å². The molecule has 2 atom stereocenters. The Morgan fingerprint density at radius 3 is 2.95 bits per heavy atom. The second-order valence-corrected chi connectivity index (χ2v) is 5.95. The van der Waals surface area contributed by atoms with Crippen LogP contribution < -0.4 is 5.32 Å². The van der Waals surface area contributed by atoms with Gasteiger partial charge in [-0.15, -0.1) is 5.10 Å². The highest BCUT2D eigenvalue weighted by atomic mass is 16.1. The van der Waals surface area contributed by atoms with Gasteiger partial charge in [-0.3, -0.25) is 4.79 Å². The molecular formula is C16H22N4O. The molecule has 0 bridgehead atoms. The molecule has 1 aliphatic rings. The highest BCUT2D eigenvalue weighted by Gasteiger charge is 2.23. The monoisotopic (exact) mass is 286 g/mol. The average Bonchev–Trinajstić information content (AvgIpc) is 2.91. The second kappa shape index (κ2) is 5.84. The number of hydrogen-bond donors (Lipinski definition) is 1. The summed E-state index contributed by atoms with van der Waals surface area (Å²) < 4.78 is 1.83. The van der Waals surface area contributed by atoms with Crippen molar-refractivity contribution in [3.05, 3.63) is 23.8 Å². The molecule has 0 unspecified atom stereocenters. The van der Waals surface area contributed by atoms with Gasteiger partial charge >= 0.3 is 0 Å². The fourth-order valence-electron chi connectivity index (χ4n) is 3.13. The van der Waals surface area contributed by atoms with E-state index in [1.165, 1.54) is 19.3 Å². The molecule has 2 aromatic rings. The van der Waals surface area contributed by atoms with Crippen molar-refractivity contribution in [2.45, 2.75) is 52.1 Å². The van der Waals surface area contributed by atoms with E-state index in [4.69, 9.17) is 0 Å². The Balaban J connectivity index is 1.78. The van der Waals surface area contributed by atoms with E-state index in [1.54, 1.807) is 0 Å². The summed E-state index contributed by atoms with van der Waals surface area (Å²) in [6, 6.07) is 5.92. The number of fused-ring (bicyclic) bond motifs is 1. The van der Waals surface area contributed by atoms with Gasteiger partial charge in [-0.1, -0.05) is 25.0 Å². The van der Waals surface area contributed by atoms with Crippen molar-refractivity contribution in [2.24, 2.45) is 5.92 Å². The van der Waals surface area contributed by atoms with Crippen molar-refractivity contribution in [3.63, 3.8) is 0 Å². The highest BCUT2D eigenvalue weighted by molar-refractivity contribution is 5.97. The molecule has 1 aromatic heterocycles. The summed E-state index contributed by atoms with van der Waals surface area (Å²) in [5.74, 6) is 0.564. The number of carbonyl (C=O) groups excluding carboxylic acids is 1. The van der Waals surface area contributed by atoms with E-state index in [9.17, 15) is 4.79 Å². The molecule has 1 aliphatic carbocycles. The van der Waals surface area contributed by atoms with E-state index in [1.807, 2.05) is 29.8 Å². The predicted octanol–water partition coefficient (Wildman–Crippen LogP) is 2.76. The first-order valence-corrected chi connectivity index (χ1v) is 7.83. The minimum absolute atomic E-state index is 0.00157. The fourth-order valence-corrected chi connectivity index (χ4v) is 3.13. The lowest BCUT2D eigenvalue weighted by atomic mass is 9.86. The third-order valence-corrected chi connectivity index (χ3v) is 4.50. The maximum absolute atomic E-state index is 12.4. The van der Waals surface area contributed by atoms with Crippen molar-refractivity contribution in [1.82, 2.24) is 20.3 Å². The molecule has 0 radical (unpaired) electrons. The Bertz CT molecular complexity index is 649. The first-order chi connectivity index (χ1) is 10.2. The van der Waals surface area contributed by atoms with E-state index < -0.39 is 0 Å². The number of benzene rings is 1. The van der Waals surface area contributed by atoms with Crippen molar-refractivity contribution >= 4 is 16.9 Å². The smallest absolute Gasteiger partial charge is 0.251 e. The first-order valence-electron chi connectivity index (χ1n) is 7.83. The van der Waals surface area contributed by atoms with E-state index >= 15 is 0 Å². The first kappa shape index (κ1) is 14.0. The zero-order valence-electron chi connectivity index (χ0n) is 12.7. The molecule has 0 saturated heterocycles. The Kier molecular flexibility index (Phi) is 3.90. The third-order valence-electron chi connectivity index (χ3n) is 4.50. The van der Waals surface area contributed by atoms with Crippen LogP contribution in [0.3, 0.4) is 0 Å². The number of nitrogens with zero attached hydrogens (tertiary/aromatic N) is 3. The van der Waals surface area contributed by atoms with Gasteiger partial charge in [-0.2, -0.15) is 0 Å². The molecule has 112 valence electrons. The number of rotatable bonds is 3. The summed E-state index contributed by atoms with van der Waals surface area (Å²) in [6.45, 7) is 5.03. The lowest BCUT2D eigenvalue weighted by Crippen LogP contribution is -2.41. The van der Waals surface area contributed by atoms with E-state index in [0.717, 1.165) is 24.0 Å². The molecule has 5 nitrogen and oxygen atoms in total. The molecule has 3 rings (SSSR count). The number of nitrogens with one attached hydrogen (secondary N) is 1. The Hall–Kier alpha value is -1.91. The third kappa shape index (κ3) is 2.77. The topological polar surface area (TPSA) is 59.8 Å². The molecule has 1 saturated carbocycles. The molecule has 1 fully saturated rings. The van der Waals surface area contributed by atoms with Gasteiger partial charge in [0.25, 0.3) is 5.91 Å². The molecule has 1 aromatic carbocycles. The second-order valence-electron chi connectivity index (χ2n) is 5.95. The number of aryl methyl sites for hydroxylation is 1. The zero-order chi connectivity index (χ0) is 14.8. The standard InChI is InChI=1S/C16H22N4O/c1-3-20-15-9-8-12(10-14(15)18-19-20)16(21)17-13-7-5-4-6-11(13)2/h8-11,13H,3-7H2,1-2H3,(H,17,21)/t11-,13+/m0/s1. The van der Waals surface area contributed by atoms with Crippen LogP contribution in [0.2, 0.25) is 0 Å². The summed E-state index contributed by atoms with van der Waals surface area (Å²) in [5.41, 5.74) is 2.42. The van der Waals surface area contributed by atoms with E-state index in [-0.39, 0.29) is 5.91 Å². The number of aromatic nitrogens is 3. The SMILES string of the molecule is CCn1nnc2cc(C(=O)N[C@@H]3CCCC[C@@H]3C)ccc21. The van der Waals surface area contributed by atoms with Crippen molar-refractivity contribution in [1.29, 1.82) is 0 Å². The largest absolute Gasteiger partial charge is 0.349 e. The maximum atomic E-state index is 12.4. The molecular weight excluding hydrogens is 264 g/mol. The molecule has 0 aliphatic heterocycles. The lowest BCUT2D eigenvalue weighted by molar-refractivity contribution is 0.0910. The van der Waals surface area contributed by atoms with Gasteiger partial charge in [0.15, 0.2) is 0 Å². The van der Waals surface area contributed by atoms with Crippen LogP contribution in [-0.2, 0) is 6.54 Å². The Morgan fingerprint density at radius 1 is 1.38 bits per heavy atom. The van der Waals surface area contributed by atoms with Crippen LogP contribution in [0.15, 0.2) is 18.2 Å². The van der Waals surface area contributed by atoms with Gasteiger partial charge in [-0.05, 0) is 43.9 Å². The molecule has 0 spiro atoms. The van der Waals surface area contributed by atoms with Gasteiger partial charge in [0.05, 0.1) is 5.52 Å². The van der Waals surface area contributed by atoms with Crippen LogP contribution in [0.25, 0.3) is 11.0 Å². The van der Waals surface area contributed by atoms with Crippen LogP contribution in [0.5, 0.6) is 0 Å². The van der Waals surface area contributed by atoms with Crippen molar-refractivity contribution in [3.8, 4) is 0 Å². The van der Waals surface area contributed by atoms with Gasteiger partial charge in [0, 0.05) is 18.2 Å². The highest BCUT2D eigenvalue weighted by Crippen LogP contribution is 2.24. The van der Waals surface area contributed by atoms with Crippen LogP contribution in [0.4, 0.5) is 0 Å². The van der Waals surface area contributed by atoms with Crippen LogP contribution >= 0.6 is 0 Å². The van der Waals surface area contributed by atoms with E-state index in [2.05, 4.69) is 22.6 Å². The molecule has 21 heavy (non-hydrogen) atoms. The summed E-state index contributed by atoms with van der Waals surface area (Å²) in [4.78, 5) is 12.4. The molecule has 1 amide bonds. The van der Waals surface area contributed by atoms with E-state index in [0.29, 0.717) is 17.5 Å². The fraction of sp³-hybridized carbons (Fsp3) is 0.562. The summed E-state index contributed by atoms with van der Waals surface area (Å²) in [7, 11) is 0. The molecule has 1 N–H and O–H groups in total. The summed E-state index contributed by atoms with van der Waals surface area (Å²) >= 11 is 0. The van der Waals surface area contributed by atoms with Crippen LogP contribution in [-0.4, -0.2) is 26.9 Å². The lowest BCUT2D eigenvalue weighted by Gasteiger charge is -2.29. The zero-order valence-corrected chi connectivity index (χ0v) is 12.7. The number of carbonyl (C=O) groups is 1. The Morgan fingerprint density at radius 2 is 2.19 bits per heavy atom. The maximum Gasteiger partial charge on any atom is 0.251 e. The molecule has 5 heteroatoms. The minimum atomic E-state index is 0.00157. The van der Waals surface area contributed by atoms with Gasteiger partial charge in [0.1, 0.15) is 5.52 Å². The quantitative estimate of drug-likeness (QED) is 0.943. The summed E-state index contributed by atoms with van der Waals surface area (Å²) in [6.07, 6.45) is 4.77. The predicted molar refractivity (Wildman–Crippen MR) is 82.1 cm³/mol. The average molecular weight is 286 g/mol. The normalized spacial score (nSPS) is 22.4. The van der Waals surface area contributed by atoms with Crippen molar-refractivity contribution < 1.29 is 4.79 Å². The molecule has 1 heterocycles. The number of amides is 1. The van der Waals surface area contributed by atoms with Gasteiger partial charge in [-0.25, -0.2) is 4.68 Å². The minimum Gasteiger partial charge on any atom is -0.349 e. The number of hydrogen-bond acceptors (Lipinski definition) is 3. The van der Waals surface area contributed by atoms with Gasteiger partial charge < -0.3 is 5.32 Å².